The summed E-state index contributed by atoms with van der Waals surface area (Å²) in [5, 5.41) is 6.52. The molecule has 200 valence electrons. The van der Waals surface area contributed by atoms with Gasteiger partial charge in [-0.1, -0.05) is 72.2 Å². The predicted molar refractivity (Wildman–Crippen MR) is 167 cm³/mol. The first-order valence-electron chi connectivity index (χ1n) is 13.5. The predicted octanol–water partition coefficient (Wildman–Crippen LogP) is 5.89. The lowest BCUT2D eigenvalue weighted by molar-refractivity contribution is 0.177. The fraction of sp³-hybridized carbons (Fsp3) is 0.387. The molecule has 2 aromatic rings. The summed E-state index contributed by atoms with van der Waals surface area (Å²) in [6.45, 7) is 15.1. The van der Waals surface area contributed by atoms with Crippen LogP contribution in [0.15, 0.2) is 79.0 Å². The lowest BCUT2D eigenvalue weighted by Gasteiger charge is -2.42. The van der Waals surface area contributed by atoms with Crippen LogP contribution >= 0.6 is 22.6 Å². The number of carbonyl (C=O) groups excluding carboxylic acids is 1. The van der Waals surface area contributed by atoms with Crippen LogP contribution in [0.2, 0.25) is 0 Å². The number of anilines is 2. The lowest BCUT2D eigenvalue weighted by Crippen LogP contribution is -2.49. The molecule has 2 N–H and O–H groups in total. The van der Waals surface area contributed by atoms with Gasteiger partial charge in [0.1, 0.15) is 0 Å². The molecule has 3 aliphatic heterocycles. The zero-order valence-electron chi connectivity index (χ0n) is 22.5. The van der Waals surface area contributed by atoms with Crippen LogP contribution in [0.3, 0.4) is 0 Å². The molecule has 1 unspecified atom stereocenters. The molecule has 0 aromatic heterocycles. The minimum Gasteiger partial charge on any atom is -0.390 e. The minimum absolute atomic E-state index is 0.0323. The highest BCUT2D eigenvalue weighted by Gasteiger charge is 2.35. The van der Waals surface area contributed by atoms with E-state index in [0.29, 0.717) is 0 Å². The lowest BCUT2D eigenvalue weighted by atomic mass is 9.95. The number of nitrogens with zero attached hydrogens (tertiary/aromatic N) is 3. The average molecular weight is 624 g/mol. The van der Waals surface area contributed by atoms with E-state index in [0.717, 1.165) is 68.9 Å². The highest BCUT2D eigenvalue weighted by molar-refractivity contribution is 14.1. The number of urea groups is 1. The largest absolute Gasteiger partial charge is 0.390 e. The van der Waals surface area contributed by atoms with Crippen LogP contribution < -0.4 is 15.5 Å². The molecule has 2 aromatic carbocycles. The van der Waals surface area contributed by atoms with Gasteiger partial charge in [-0.25, -0.2) is 4.79 Å². The number of hydrogen-bond acceptors (Lipinski definition) is 4. The average Bonchev–Trinajstić information content (AvgIpc) is 3.09. The number of nitrogens with one attached hydrogen (secondary N) is 2. The Kier molecular flexibility index (Phi) is 7.75. The van der Waals surface area contributed by atoms with Gasteiger partial charge in [-0.15, -0.1) is 0 Å². The third kappa shape index (κ3) is 5.30. The molecule has 5 rings (SSSR count). The highest BCUT2D eigenvalue weighted by atomic mass is 127. The van der Waals surface area contributed by atoms with E-state index < -0.39 is 0 Å². The van der Waals surface area contributed by atoms with E-state index in [1.54, 1.807) is 0 Å². The van der Waals surface area contributed by atoms with E-state index in [4.69, 9.17) is 0 Å². The van der Waals surface area contributed by atoms with Gasteiger partial charge < -0.3 is 25.3 Å². The van der Waals surface area contributed by atoms with Crippen molar-refractivity contribution in [2.75, 3.05) is 50.0 Å². The number of fused-ring (bicyclic) bond motifs is 1. The van der Waals surface area contributed by atoms with E-state index in [9.17, 15) is 4.79 Å². The molecule has 3 aliphatic rings. The molecule has 1 fully saturated rings. The summed E-state index contributed by atoms with van der Waals surface area (Å²) in [6.07, 6.45) is 4.79. The van der Waals surface area contributed by atoms with Crippen LogP contribution in [0.4, 0.5) is 16.2 Å². The van der Waals surface area contributed by atoms with Crippen LogP contribution in [0.25, 0.3) is 5.70 Å². The molecule has 0 aliphatic carbocycles. The number of rotatable bonds is 6. The topological polar surface area (TPSA) is 50.9 Å². The van der Waals surface area contributed by atoms with Crippen molar-refractivity contribution in [1.29, 1.82) is 0 Å². The van der Waals surface area contributed by atoms with Gasteiger partial charge in [0.25, 0.3) is 0 Å². The summed E-state index contributed by atoms with van der Waals surface area (Å²) in [4.78, 5) is 19.9. The molecule has 6 nitrogen and oxygen atoms in total. The second-order valence-corrected chi connectivity index (χ2v) is 13.0. The summed E-state index contributed by atoms with van der Waals surface area (Å²) in [5.41, 5.74) is 8.04. The number of para-hydroxylation sites is 1. The molecule has 3 heterocycles. The second-order valence-electron chi connectivity index (χ2n) is 10.7. The maximum atomic E-state index is 13.0. The van der Waals surface area contributed by atoms with Gasteiger partial charge in [0.2, 0.25) is 0 Å². The molecule has 1 saturated heterocycles. The van der Waals surface area contributed by atoms with Crippen molar-refractivity contribution >= 4 is 45.7 Å². The van der Waals surface area contributed by atoms with E-state index in [-0.39, 0.29) is 15.5 Å². The van der Waals surface area contributed by atoms with Crippen molar-refractivity contribution in [2.45, 2.75) is 35.6 Å². The van der Waals surface area contributed by atoms with Crippen LogP contribution in [0.5, 0.6) is 0 Å². The molecule has 0 spiro atoms. The Morgan fingerprint density at radius 3 is 2.66 bits per heavy atom. The molecule has 1 atom stereocenters. The third-order valence-electron chi connectivity index (χ3n) is 8.16. The Morgan fingerprint density at radius 1 is 1.16 bits per heavy atom. The Bertz CT molecular complexity index is 1260. The molecule has 2 amide bonds. The monoisotopic (exact) mass is 623 g/mol. The van der Waals surface area contributed by atoms with Crippen molar-refractivity contribution in [3.05, 3.63) is 90.2 Å². The summed E-state index contributed by atoms with van der Waals surface area (Å²) in [6, 6.07) is 17.2. The number of carbonyl (C=O) groups is 1. The van der Waals surface area contributed by atoms with Gasteiger partial charge in [0, 0.05) is 68.6 Å². The Morgan fingerprint density at radius 2 is 1.92 bits per heavy atom. The fourth-order valence-electron chi connectivity index (χ4n) is 6.13. The van der Waals surface area contributed by atoms with Crippen LogP contribution in [0.1, 0.15) is 30.9 Å². The van der Waals surface area contributed by atoms with E-state index in [1.165, 1.54) is 22.5 Å². The number of halogens is 1. The molecule has 7 heteroatoms. The zero-order valence-corrected chi connectivity index (χ0v) is 24.6. The summed E-state index contributed by atoms with van der Waals surface area (Å²) < 4.78 is -0.0439. The third-order valence-corrected chi connectivity index (χ3v) is 9.04. The van der Waals surface area contributed by atoms with E-state index in [2.05, 4.69) is 98.3 Å². The van der Waals surface area contributed by atoms with Gasteiger partial charge in [-0.2, -0.15) is 0 Å². The molecule has 38 heavy (non-hydrogen) atoms. The van der Waals surface area contributed by atoms with Gasteiger partial charge >= 0.3 is 6.03 Å². The second kappa shape index (κ2) is 11.0. The first-order valence-corrected chi connectivity index (χ1v) is 14.6. The van der Waals surface area contributed by atoms with E-state index >= 15 is 0 Å². The Labute approximate surface area is 240 Å². The Hall–Kier alpha value is -2.94. The fourth-order valence-corrected chi connectivity index (χ4v) is 7.16. The van der Waals surface area contributed by atoms with Crippen LogP contribution in [0, 0.1) is 0 Å². The number of hydrogen-bond donors (Lipinski definition) is 2. The minimum atomic E-state index is -0.0439. The molecular formula is C31H38IN5O. The molecular weight excluding hydrogens is 585 g/mol. The first kappa shape index (κ1) is 26.7. The number of amides is 2. The number of alkyl halides is 1. The van der Waals surface area contributed by atoms with Crippen LogP contribution in [-0.2, 0) is 6.42 Å². The molecule has 0 radical (unpaired) electrons. The van der Waals surface area contributed by atoms with E-state index in [1.807, 2.05) is 31.3 Å². The van der Waals surface area contributed by atoms with Crippen molar-refractivity contribution in [3.8, 4) is 0 Å². The smallest absolute Gasteiger partial charge is 0.322 e. The summed E-state index contributed by atoms with van der Waals surface area (Å²) >= 11 is 2.53. The summed E-state index contributed by atoms with van der Waals surface area (Å²) in [5.74, 6) is 0. The van der Waals surface area contributed by atoms with Crippen molar-refractivity contribution in [1.82, 2.24) is 15.1 Å². The quantitative estimate of drug-likeness (QED) is 0.312. The SMILES string of the molecule is C=CC1=C(NC)C(C)(I)CN(C(=C)c2cccc(N3CCC(N4CCc5ccccc5NC4=O)CC3)c2)C1. The van der Waals surface area contributed by atoms with Crippen molar-refractivity contribution in [3.63, 3.8) is 0 Å². The maximum Gasteiger partial charge on any atom is 0.322 e. The van der Waals surface area contributed by atoms with Crippen molar-refractivity contribution in [2.24, 2.45) is 0 Å². The number of benzene rings is 2. The summed E-state index contributed by atoms with van der Waals surface area (Å²) in [7, 11) is 1.99. The van der Waals surface area contributed by atoms with Gasteiger partial charge in [0.05, 0.1) is 3.42 Å². The van der Waals surface area contributed by atoms with Crippen molar-refractivity contribution < 1.29 is 4.79 Å². The maximum absolute atomic E-state index is 13.0. The van der Waals surface area contributed by atoms with Gasteiger partial charge in [-0.3, -0.25) is 0 Å². The zero-order chi connectivity index (χ0) is 26.9. The normalized spacial score (nSPS) is 22.5. The Balaban J connectivity index is 1.24. The molecule has 0 saturated carbocycles. The molecule has 0 bridgehead atoms. The highest BCUT2D eigenvalue weighted by Crippen LogP contribution is 2.37. The standard InChI is InChI=1S/C31H38IN5O/c1-5-23-20-36(21-31(3,32)29(23)33-4)22(2)25-10-8-11-27(19-25)35-16-14-26(15-17-35)37-18-13-24-9-6-7-12-28(24)34-30(37)38/h5-12,19,26,33H,1-2,13-18,20-21H2,3-4H3,(H,34,38). The van der Waals surface area contributed by atoms with Gasteiger partial charge in [0.15, 0.2) is 0 Å². The van der Waals surface area contributed by atoms with Gasteiger partial charge in [-0.05, 0) is 61.1 Å². The van der Waals surface area contributed by atoms with Crippen LogP contribution in [-0.4, -0.2) is 65.1 Å². The first-order chi connectivity index (χ1) is 18.3. The number of piperidine rings is 1.